The van der Waals surface area contributed by atoms with Crippen molar-refractivity contribution < 1.29 is 14.7 Å². The molecule has 5 heteroatoms. The molecule has 0 spiro atoms. The molecular weight excluding hydrogens is 244 g/mol. The van der Waals surface area contributed by atoms with E-state index in [4.69, 9.17) is 5.11 Å². The first-order valence-electron chi connectivity index (χ1n) is 7.05. The van der Waals surface area contributed by atoms with Crippen molar-refractivity contribution in [3.8, 4) is 0 Å². The van der Waals surface area contributed by atoms with Crippen molar-refractivity contribution in [3.05, 3.63) is 0 Å². The van der Waals surface area contributed by atoms with Gasteiger partial charge in [0, 0.05) is 26.1 Å². The van der Waals surface area contributed by atoms with Gasteiger partial charge in [0.1, 0.15) is 0 Å². The van der Waals surface area contributed by atoms with Crippen LogP contribution in [0.25, 0.3) is 0 Å². The van der Waals surface area contributed by atoms with E-state index in [9.17, 15) is 9.59 Å². The molecule has 1 aliphatic heterocycles. The zero-order valence-corrected chi connectivity index (χ0v) is 12.2. The summed E-state index contributed by atoms with van der Waals surface area (Å²) in [5.41, 5.74) is 0.199. The number of carboxylic acids is 1. The van der Waals surface area contributed by atoms with Crippen LogP contribution in [0.5, 0.6) is 0 Å². The van der Waals surface area contributed by atoms with E-state index in [1.165, 1.54) is 0 Å². The van der Waals surface area contributed by atoms with Crippen LogP contribution in [0.15, 0.2) is 0 Å². The van der Waals surface area contributed by atoms with E-state index >= 15 is 0 Å². The van der Waals surface area contributed by atoms with Crippen molar-refractivity contribution in [1.82, 2.24) is 10.2 Å². The molecule has 19 heavy (non-hydrogen) atoms. The molecule has 0 radical (unpaired) electrons. The number of piperidine rings is 1. The largest absolute Gasteiger partial charge is 0.481 e. The third-order valence-electron chi connectivity index (χ3n) is 3.64. The number of amides is 2. The average molecular weight is 270 g/mol. The Morgan fingerprint density at radius 2 is 2.11 bits per heavy atom. The fourth-order valence-corrected chi connectivity index (χ4v) is 2.44. The number of aliphatic carboxylic acids is 1. The maximum absolute atomic E-state index is 12.0. The van der Waals surface area contributed by atoms with Crippen molar-refractivity contribution in [2.45, 2.75) is 46.5 Å². The average Bonchev–Trinajstić information content (AvgIpc) is 2.32. The van der Waals surface area contributed by atoms with Gasteiger partial charge < -0.3 is 15.3 Å². The molecule has 0 aromatic rings. The lowest BCUT2D eigenvalue weighted by Gasteiger charge is -2.38. The van der Waals surface area contributed by atoms with Crippen molar-refractivity contribution in [3.63, 3.8) is 0 Å². The predicted octanol–water partition coefficient (Wildman–Crippen LogP) is 2.32. The van der Waals surface area contributed by atoms with Crippen molar-refractivity contribution in [2.24, 2.45) is 11.3 Å². The molecule has 0 bridgehead atoms. The van der Waals surface area contributed by atoms with E-state index in [2.05, 4.69) is 19.2 Å². The lowest BCUT2D eigenvalue weighted by molar-refractivity contribution is -0.137. The lowest BCUT2D eigenvalue weighted by Crippen LogP contribution is -2.48. The zero-order valence-electron chi connectivity index (χ0n) is 12.2. The summed E-state index contributed by atoms with van der Waals surface area (Å²) >= 11 is 0. The van der Waals surface area contributed by atoms with Crippen LogP contribution in [0.2, 0.25) is 0 Å². The summed E-state index contributed by atoms with van der Waals surface area (Å²) < 4.78 is 0. The van der Waals surface area contributed by atoms with Crippen LogP contribution in [0.3, 0.4) is 0 Å². The number of nitrogens with zero attached hydrogens (tertiary/aromatic N) is 1. The molecule has 1 aliphatic rings. The standard InChI is InChI=1S/C14H26N2O3/c1-11(5-6-12(17)18)9-15-13(19)16-8-4-7-14(2,3)10-16/h11H,4-10H2,1-3H3,(H,15,19)(H,17,18). The third-order valence-corrected chi connectivity index (χ3v) is 3.64. The molecule has 0 aromatic heterocycles. The van der Waals surface area contributed by atoms with Crippen LogP contribution in [-0.4, -0.2) is 41.6 Å². The Morgan fingerprint density at radius 1 is 1.42 bits per heavy atom. The molecule has 0 saturated carbocycles. The Bertz CT molecular complexity index is 329. The minimum absolute atomic E-state index is 0.0186. The molecule has 1 atom stereocenters. The summed E-state index contributed by atoms with van der Waals surface area (Å²) in [5.74, 6) is -0.589. The first-order valence-corrected chi connectivity index (χ1v) is 7.05. The van der Waals surface area contributed by atoms with Gasteiger partial charge in [-0.2, -0.15) is 0 Å². The Balaban J connectivity index is 2.29. The fourth-order valence-electron chi connectivity index (χ4n) is 2.44. The van der Waals surface area contributed by atoms with E-state index in [1.54, 1.807) is 0 Å². The number of rotatable bonds is 5. The molecule has 0 aromatic carbocycles. The van der Waals surface area contributed by atoms with Gasteiger partial charge in [-0.15, -0.1) is 0 Å². The fraction of sp³-hybridized carbons (Fsp3) is 0.857. The number of hydrogen-bond acceptors (Lipinski definition) is 2. The molecule has 1 saturated heterocycles. The minimum atomic E-state index is -0.782. The van der Waals surface area contributed by atoms with Crippen molar-refractivity contribution in [2.75, 3.05) is 19.6 Å². The summed E-state index contributed by atoms with van der Waals surface area (Å²) in [6.45, 7) is 8.48. The zero-order chi connectivity index (χ0) is 14.5. The van der Waals surface area contributed by atoms with Crippen LogP contribution >= 0.6 is 0 Å². The van der Waals surface area contributed by atoms with Gasteiger partial charge in [0.25, 0.3) is 0 Å². The third kappa shape index (κ3) is 5.94. The summed E-state index contributed by atoms with van der Waals surface area (Å²) in [6.07, 6.45) is 2.97. The molecule has 1 heterocycles. The summed E-state index contributed by atoms with van der Waals surface area (Å²) in [6, 6.07) is -0.0186. The highest BCUT2D eigenvalue weighted by Crippen LogP contribution is 2.28. The van der Waals surface area contributed by atoms with Gasteiger partial charge >= 0.3 is 12.0 Å². The molecule has 2 amide bonds. The number of urea groups is 1. The second-order valence-corrected chi connectivity index (χ2v) is 6.41. The van der Waals surface area contributed by atoms with Crippen molar-refractivity contribution >= 4 is 12.0 Å². The Labute approximate surface area is 115 Å². The Hall–Kier alpha value is -1.26. The normalized spacial score (nSPS) is 19.8. The first kappa shape index (κ1) is 15.8. The number of likely N-dealkylation sites (tertiary alicyclic amines) is 1. The van der Waals surface area contributed by atoms with Crippen LogP contribution in [0.4, 0.5) is 4.79 Å². The quantitative estimate of drug-likeness (QED) is 0.805. The topological polar surface area (TPSA) is 69.6 Å². The molecule has 1 rings (SSSR count). The van der Waals surface area contributed by atoms with E-state index in [0.29, 0.717) is 13.0 Å². The number of hydrogen-bond donors (Lipinski definition) is 2. The number of carboxylic acid groups (broad SMARTS) is 1. The van der Waals surface area contributed by atoms with Gasteiger partial charge in [-0.3, -0.25) is 4.79 Å². The molecule has 1 fully saturated rings. The molecule has 2 N–H and O–H groups in total. The number of carbonyl (C=O) groups is 2. The maximum Gasteiger partial charge on any atom is 0.317 e. The van der Waals surface area contributed by atoms with Crippen LogP contribution in [-0.2, 0) is 4.79 Å². The molecule has 0 aliphatic carbocycles. The minimum Gasteiger partial charge on any atom is -0.481 e. The van der Waals surface area contributed by atoms with E-state index in [-0.39, 0.29) is 23.8 Å². The van der Waals surface area contributed by atoms with Crippen LogP contribution in [0, 0.1) is 11.3 Å². The van der Waals surface area contributed by atoms with Gasteiger partial charge in [0.05, 0.1) is 0 Å². The van der Waals surface area contributed by atoms with Gasteiger partial charge in [-0.1, -0.05) is 20.8 Å². The molecule has 5 nitrogen and oxygen atoms in total. The van der Waals surface area contributed by atoms with E-state index < -0.39 is 5.97 Å². The van der Waals surface area contributed by atoms with E-state index in [1.807, 2.05) is 11.8 Å². The van der Waals surface area contributed by atoms with Crippen LogP contribution < -0.4 is 5.32 Å². The Kier molecular flexibility index (Phi) is 5.63. The molecular formula is C14H26N2O3. The maximum atomic E-state index is 12.0. The highest BCUT2D eigenvalue weighted by atomic mass is 16.4. The van der Waals surface area contributed by atoms with Gasteiger partial charge in [0.15, 0.2) is 0 Å². The number of carbonyl (C=O) groups excluding carboxylic acids is 1. The monoisotopic (exact) mass is 270 g/mol. The smallest absolute Gasteiger partial charge is 0.317 e. The SMILES string of the molecule is CC(CCC(=O)O)CNC(=O)N1CCCC(C)(C)C1. The Morgan fingerprint density at radius 3 is 2.68 bits per heavy atom. The van der Waals surface area contributed by atoms with Crippen molar-refractivity contribution in [1.29, 1.82) is 0 Å². The highest BCUT2D eigenvalue weighted by Gasteiger charge is 2.28. The van der Waals surface area contributed by atoms with Crippen LogP contribution in [0.1, 0.15) is 46.5 Å². The molecule has 110 valence electrons. The molecule has 1 unspecified atom stereocenters. The first-order chi connectivity index (χ1) is 8.80. The van der Waals surface area contributed by atoms with E-state index in [0.717, 1.165) is 25.9 Å². The summed E-state index contributed by atoms with van der Waals surface area (Å²) in [5, 5.41) is 11.5. The van der Waals surface area contributed by atoms with Gasteiger partial charge in [-0.25, -0.2) is 4.79 Å². The lowest BCUT2D eigenvalue weighted by atomic mass is 9.84. The second-order valence-electron chi connectivity index (χ2n) is 6.41. The summed E-state index contributed by atoms with van der Waals surface area (Å²) in [7, 11) is 0. The number of nitrogens with one attached hydrogen (secondary N) is 1. The second kappa shape index (κ2) is 6.78. The summed E-state index contributed by atoms with van der Waals surface area (Å²) in [4.78, 5) is 24.4. The highest BCUT2D eigenvalue weighted by molar-refractivity contribution is 5.74. The van der Waals surface area contributed by atoms with Gasteiger partial charge in [-0.05, 0) is 30.6 Å². The van der Waals surface area contributed by atoms with Gasteiger partial charge in [0.2, 0.25) is 0 Å². The predicted molar refractivity (Wildman–Crippen MR) is 74.0 cm³/mol.